The number of nitrogens with zero attached hydrogens (tertiary/aromatic N) is 1. The number of rotatable bonds is 4. The SMILES string of the molecule is COc1ccc(C)cc1CN1CC(CBr)OC(C)(C)C1. The summed E-state index contributed by atoms with van der Waals surface area (Å²) in [6.45, 7) is 9.22. The maximum absolute atomic E-state index is 6.05. The number of ether oxygens (including phenoxy) is 2. The normalized spacial score (nSPS) is 22.8. The third-order valence-corrected chi connectivity index (χ3v) is 4.28. The molecular weight excluding hydrogens is 318 g/mol. The first-order valence-electron chi connectivity index (χ1n) is 7.03. The highest BCUT2D eigenvalue weighted by Gasteiger charge is 2.33. The molecule has 2 rings (SSSR count). The molecule has 112 valence electrons. The lowest BCUT2D eigenvalue weighted by Crippen LogP contribution is -2.52. The average Bonchev–Trinajstić information content (AvgIpc) is 2.37. The first kappa shape index (κ1) is 15.8. The van der Waals surface area contributed by atoms with Crippen LogP contribution in [0.25, 0.3) is 0 Å². The lowest BCUT2D eigenvalue weighted by molar-refractivity contribution is -0.128. The Labute approximate surface area is 130 Å². The number of alkyl halides is 1. The second-order valence-electron chi connectivity index (χ2n) is 6.14. The molecular formula is C16H24BrNO2. The van der Waals surface area contributed by atoms with Crippen molar-refractivity contribution in [2.75, 3.05) is 25.5 Å². The number of aryl methyl sites for hydroxylation is 1. The van der Waals surface area contributed by atoms with Crippen molar-refractivity contribution in [2.45, 2.75) is 39.0 Å². The summed E-state index contributed by atoms with van der Waals surface area (Å²) < 4.78 is 11.5. The van der Waals surface area contributed by atoms with E-state index in [1.807, 2.05) is 0 Å². The van der Waals surface area contributed by atoms with Crippen LogP contribution in [-0.4, -0.2) is 42.1 Å². The Balaban J connectivity index is 2.14. The molecule has 1 aromatic carbocycles. The van der Waals surface area contributed by atoms with Gasteiger partial charge in [0.1, 0.15) is 5.75 Å². The molecule has 0 N–H and O–H groups in total. The Morgan fingerprint density at radius 3 is 2.85 bits per heavy atom. The molecule has 1 aliphatic rings. The highest BCUT2D eigenvalue weighted by Crippen LogP contribution is 2.26. The quantitative estimate of drug-likeness (QED) is 0.783. The van der Waals surface area contributed by atoms with Gasteiger partial charge in [-0.05, 0) is 26.8 Å². The molecule has 0 saturated carbocycles. The minimum Gasteiger partial charge on any atom is -0.496 e. The monoisotopic (exact) mass is 341 g/mol. The predicted octanol–water partition coefficient (Wildman–Crippen LogP) is 3.38. The van der Waals surface area contributed by atoms with Gasteiger partial charge in [-0.15, -0.1) is 0 Å². The molecule has 4 heteroatoms. The summed E-state index contributed by atoms with van der Waals surface area (Å²) in [5, 5.41) is 0.873. The van der Waals surface area contributed by atoms with E-state index in [9.17, 15) is 0 Å². The van der Waals surface area contributed by atoms with Crippen LogP contribution in [0.5, 0.6) is 5.75 Å². The zero-order valence-corrected chi connectivity index (χ0v) is 14.4. The van der Waals surface area contributed by atoms with E-state index in [0.717, 1.165) is 30.7 Å². The van der Waals surface area contributed by atoms with E-state index < -0.39 is 0 Å². The van der Waals surface area contributed by atoms with Gasteiger partial charge < -0.3 is 9.47 Å². The summed E-state index contributed by atoms with van der Waals surface area (Å²) in [6.07, 6.45) is 0.245. The Kier molecular flexibility index (Phi) is 5.10. The fourth-order valence-electron chi connectivity index (χ4n) is 2.89. The van der Waals surface area contributed by atoms with E-state index in [1.165, 1.54) is 11.1 Å². The predicted molar refractivity (Wildman–Crippen MR) is 85.8 cm³/mol. The summed E-state index contributed by atoms with van der Waals surface area (Å²) in [4.78, 5) is 2.45. The minimum absolute atomic E-state index is 0.103. The molecule has 1 fully saturated rings. The van der Waals surface area contributed by atoms with Gasteiger partial charge in [-0.25, -0.2) is 0 Å². The zero-order chi connectivity index (χ0) is 14.8. The van der Waals surface area contributed by atoms with Crippen molar-refractivity contribution in [1.29, 1.82) is 0 Å². The molecule has 20 heavy (non-hydrogen) atoms. The number of hydrogen-bond acceptors (Lipinski definition) is 3. The van der Waals surface area contributed by atoms with Crippen molar-refractivity contribution < 1.29 is 9.47 Å². The van der Waals surface area contributed by atoms with E-state index in [2.05, 4.69) is 59.8 Å². The van der Waals surface area contributed by atoms with Crippen molar-refractivity contribution in [2.24, 2.45) is 0 Å². The number of hydrogen-bond donors (Lipinski definition) is 0. The van der Waals surface area contributed by atoms with Crippen LogP contribution in [0, 0.1) is 6.92 Å². The van der Waals surface area contributed by atoms with Gasteiger partial charge >= 0.3 is 0 Å². The van der Waals surface area contributed by atoms with Crippen LogP contribution >= 0.6 is 15.9 Å². The van der Waals surface area contributed by atoms with Crippen LogP contribution in [0.4, 0.5) is 0 Å². The van der Waals surface area contributed by atoms with E-state index in [-0.39, 0.29) is 11.7 Å². The lowest BCUT2D eigenvalue weighted by Gasteiger charge is -2.42. The topological polar surface area (TPSA) is 21.7 Å². The Bertz CT molecular complexity index is 462. The number of methoxy groups -OCH3 is 1. The molecule has 1 heterocycles. The molecule has 1 saturated heterocycles. The molecule has 0 spiro atoms. The fraction of sp³-hybridized carbons (Fsp3) is 0.625. The van der Waals surface area contributed by atoms with E-state index >= 15 is 0 Å². The number of benzene rings is 1. The van der Waals surface area contributed by atoms with E-state index in [4.69, 9.17) is 9.47 Å². The van der Waals surface area contributed by atoms with Crippen molar-refractivity contribution in [3.8, 4) is 5.75 Å². The molecule has 0 amide bonds. The van der Waals surface area contributed by atoms with Gasteiger partial charge in [0.15, 0.2) is 0 Å². The molecule has 1 unspecified atom stereocenters. The van der Waals surface area contributed by atoms with Crippen LogP contribution in [0.2, 0.25) is 0 Å². The summed E-state index contributed by atoms with van der Waals surface area (Å²) >= 11 is 3.54. The summed E-state index contributed by atoms with van der Waals surface area (Å²) in [5.41, 5.74) is 2.41. The van der Waals surface area contributed by atoms with Crippen molar-refractivity contribution in [1.82, 2.24) is 4.90 Å². The smallest absolute Gasteiger partial charge is 0.123 e. The van der Waals surface area contributed by atoms with Crippen molar-refractivity contribution in [3.05, 3.63) is 29.3 Å². The van der Waals surface area contributed by atoms with Gasteiger partial charge in [-0.2, -0.15) is 0 Å². The third-order valence-electron chi connectivity index (χ3n) is 3.55. The number of morpholine rings is 1. The Hall–Kier alpha value is -0.580. The van der Waals surface area contributed by atoms with Gasteiger partial charge in [-0.3, -0.25) is 4.90 Å². The molecule has 0 radical (unpaired) electrons. The molecule has 0 bridgehead atoms. The van der Waals surface area contributed by atoms with Gasteiger partial charge in [0.05, 0.1) is 18.8 Å². The summed E-state index contributed by atoms with van der Waals surface area (Å²) in [7, 11) is 1.73. The van der Waals surface area contributed by atoms with Gasteiger partial charge in [-0.1, -0.05) is 33.6 Å². The second-order valence-corrected chi connectivity index (χ2v) is 6.79. The Morgan fingerprint density at radius 1 is 1.45 bits per heavy atom. The molecule has 0 aromatic heterocycles. The lowest BCUT2D eigenvalue weighted by atomic mass is 10.0. The summed E-state index contributed by atoms with van der Waals surface area (Å²) in [6, 6.07) is 6.36. The molecule has 1 atom stereocenters. The highest BCUT2D eigenvalue weighted by atomic mass is 79.9. The maximum Gasteiger partial charge on any atom is 0.123 e. The van der Waals surface area contributed by atoms with Crippen LogP contribution in [0.3, 0.4) is 0 Å². The van der Waals surface area contributed by atoms with Gasteiger partial charge in [0, 0.05) is 30.5 Å². The minimum atomic E-state index is -0.103. The molecule has 1 aliphatic heterocycles. The average molecular weight is 342 g/mol. The Morgan fingerprint density at radius 2 is 2.20 bits per heavy atom. The largest absolute Gasteiger partial charge is 0.496 e. The molecule has 3 nitrogen and oxygen atoms in total. The van der Waals surface area contributed by atoms with Crippen molar-refractivity contribution in [3.63, 3.8) is 0 Å². The van der Waals surface area contributed by atoms with Crippen molar-refractivity contribution >= 4 is 15.9 Å². The molecule has 1 aromatic rings. The maximum atomic E-state index is 6.05. The van der Waals surface area contributed by atoms with Crippen LogP contribution < -0.4 is 4.74 Å². The highest BCUT2D eigenvalue weighted by molar-refractivity contribution is 9.09. The van der Waals surface area contributed by atoms with Gasteiger partial charge in [0.25, 0.3) is 0 Å². The van der Waals surface area contributed by atoms with Gasteiger partial charge in [0.2, 0.25) is 0 Å². The van der Waals surface area contributed by atoms with Crippen LogP contribution in [0.15, 0.2) is 18.2 Å². The van der Waals surface area contributed by atoms with Crippen LogP contribution in [-0.2, 0) is 11.3 Å². The zero-order valence-electron chi connectivity index (χ0n) is 12.8. The molecule has 0 aliphatic carbocycles. The van der Waals surface area contributed by atoms with E-state index in [1.54, 1.807) is 7.11 Å². The van der Waals surface area contributed by atoms with E-state index in [0.29, 0.717) is 0 Å². The standard InChI is InChI=1S/C16H24BrNO2/c1-12-5-6-15(19-4)13(7-12)9-18-10-14(8-17)20-16(2,3)11-18/h5-7,14H,8-11H2,1-4H3. The second kappa shape index (κ2) is 6.46. The summed E-state index contributed by atoms with van der Waals surface area (Å²) in [5.74, 6) is 0.968. The van der Waals surface area contributed by atoms with Crippen LogP contribution in [0.1, 0.15) is 25.0 Å². The number of halogens is 1. The first-order chi connectivity index (χ1) is 9.43. The fourth-order valence-corrected chi connectivity index (χ4v) is 3.23. The first-order valence-corrected chi connectivity index (χ1v) is 8.15. The third kappa shape index (κ3) is 3.96.